The van der Waals surface area contributed by atoms with Crippen molar-refractivity contribution in [2.24, 2.45) is 5.92 Å². The monoisotopic (exact) mass is 364 g/mol. The van der Waals surface area contributed by atoms with Gasteiger partial charge in [-0.15, -0.1) is 0 Å². The summed E-state index contributed by atoms with van der Waals surface area (Å²) in [5.41, 5.74) is 0. The molecule has 0 unspecified atom stereocenters. The molecule has 0 spiro atoms. The second-order valence-corrected chi connectivity index (χ2v) is 8.16. The zero-order chi connectivity index (χ0) is 14.9. The van der Waals surface area contributed by atoms with Crippen LogP contribution in [0.5, 0.6) is 0 Å². The standard InChI is InChI=1S/C13H21BrN2O3S/c1-9(2)8-16(10-4-5-10)20(17,18)12-6-11(7-15-3)19-13(12)14/h6,9-10,15H,4-5,7-8H2,1-3H3. The second-order valence-electron chi connectivity index (χ2n) is 5.58. The summed E-state index contributed by atoms with van der Waals surface area (Å²) in [4.78, 5) is 0.232. The van der Waals surface area contributed by atoms with Gasteiger partial charge in [-0.1, -0.05) is 13.8 Å². The van der Waals surface area contributed by atoms with Gasteiger partial charge in [-0.05, 0) is 41.7 Å². The molecular formula is C13H21BrN2O3S. The minimum Gasteiger partial charge on any atom is -0.452 e. The maximum absolute atomic E-state index is 12.8. The summed E-state index contributed by atoms with van der Waals surface area (Å²) in [6.45, 7) is 5.11. The average molecular weight is 365 g/mol. The Labute approximate surface area is 128 Å². The number of nitrogens with one attached hydrogen (secondary N) is 1. The molecule has 1 aliphatic rings. The number of furan rings is 1. The largest absolute Gasteiger partial charge is 0.452 e. The summed E-state index contributed by atoms with van der Waals surface area (Å²) in [6, 6.07) is 1.75. The van der Waals surface area contributed by atoms with Crippen LogP contribution in [0.15, 0.2) is 20.0 Å². The molecule has 5 nitrogen and oxygen atoms in total. The third kappa shape index (κ3) is 3.44. The fourth-order valence-electron chi connectivity index (χ4n) is 2.13. The quantitative estimate of drug-likeness (QED) is 0.807. The molecule has 0 amide bonds. The van der Waals surface area contributed by atoms with Crippen molar-refractivity contribution in [3.05, 3.63) is 16.5 Å². The molecule has 1 saturated carbocycles. The summed E-state index contributed by atoms with van der Waals surface area (Å²) in [5.74, 6) is 0.908. The highest BCUT2D eigenvalue weighted by Crippen LogP contribution is 2.36. The highest BCUT2D eigenvalue weighted by molar-refractivity contribution is 9.10. The highest BCUT2D eigenvalue weighted by Gasteiger charge is 2.40. The zero-order valence-electron chi connectivity index (χ0n) is 12.0. The molecule has 0 aliphatic heterocycles. The molecule has 1 aromatic heterocycles. The molecule has 2 rings (SSSR count). The van der Waals surface area contributed by atoms with Gasteiger partial charge in [-0.3, -0.25) is 0 Å². The van der Waals surface area contributed by atoms with Gasteiger partial charge in [0.25, 0.3) is 0 Å². The maximum atomic E-state index is 12.8. The van der Waals surface area contributed by atoms with Gasteiger partial charge < -0.3 is 9.73 Å². The van der Waals surface area contributed by atoms with Gasteiger partial charge in [0.15, 0.2) is 4.67 Å². The predicted molar refractivity (Wildman–Crippen MR) is 80.9 cm³/mol. The molecule has 0 atom stereocenters. The summed E-state index contributed by atoms with van der Waals surface area (Å²) in [7, 11) is -1.70. The lowest BCUT2D eigenvalue weighted by atomic mass is 10.2. The van der Waals surface area contributed by atoms with Crippen LogP contribution in [-0.4, -0.2) is 32.4 Å². The van der Waals surface area contributed by atoms with E-state index in [-0.39, 0.29) is 15.6 Å². The fourth-order valence-corrected chi connectivity index (χ4v) is 4.94. The fraction of sp³-hybridized carbons (Fsp3) is 0.692. The van der Waals surface area contributed by atoms with Crippen LogP contribution in [0.3, 0.4) is 0 Å². The van der Waals surface area contributed by atoms with E-state index in [1.54, 1.807) is 17.4 Å². The number of nitrogens with zero attached hydrogens (tertiary/aromatic N) is 1. The van der Waals surface area contributed by atoms with E-state index < -0.39 is 10.0 Å². The lowest BCUT2D eigenvalue weighted by Crippen LogP contribution is -2.36. The van der Waals surface area contributed by atoms with Gasteiger partial charge in [0.1, 0.15) is 10.7 Å². The van der Waals surface area contributed by atoms with Crippen molar-refractivity contribution in [1.82, 2.24) is 9.62 Å². The molecule has 0 aromatic carbocycles. The Morgan fingerprint density at radius 2 is 2.15 bits per heavy atom. The minimum absolute atomic E-state index is 0.150. The Morgan fingerprint density at radius 1 is 1.50 bits per heavy atom. The van der Waals surface area contributed by atoms with E-state index in [2.05, 4.69) is 21.2 Å². The zero-order valence-corrected chi connectivity index (χ0v) is 14.4. The first-order chi connectivity index (χ1) is 9.36. The van der Waals surface area contributed by atoms with Gasteiger partial charge >= 0.3 is 0 Å². The van der Waals surface area contributed by atoms with E-state index in [1.807, 2.05) is 13.8 Å². The van der Waals surface area contributed by atoms with E-state index in [1.165, 1.54) is 0 Å². The van der Waals surface area contributed by atoms with Gasteiger partial charge in [0, 0.05) is 18.7 Å². The number of halogens is 1. The SMILES string of the molecule is CNCc1cc(S(=O)(=O)N(CC(C)C)C2CC2)c(Br)o1. The van der Waals surface area contributed by atoms with E-state index in [0.29, 0.717) is 24.8 Å². The van der Waals surface area contributed by atoms with Crippen LogP contribution in [-0.2, 0) is 16.6 Å². The Hall–Kier alpha value is -0.370. The topological polar surface area (TPSA) is 62.6 Å². The minimum atomic E-state index is -3.50. The summed E-state index contributed by atoms with van der Waals surface area (Å²) < 4.78 is 33.0. The normalized spacial score (nSPS) is 16.3. The van der Waals surface area contributed by atoms with Crippen LogP contribution in [0.2, 0.25) is 0 Å². The van der Waals surface area contributed by atoms with Crippen LogP contribution in [0, 0.1) is 5.92 Å². The molecule has 1 N–H and O–H groups in total. The van der Waals surface area contributed by atoms with Crippen molar-refractivity contribution in [3.8, 4) is 0 Å². The molecule has 0 radical (unpaired) electrons. The molecule has 1 heterocycles. The van der Waals surface area contributed by atoms with Crippen LogP contribution in [0.1, 0.15) is 32.4 Å². The van der Waals surface area contributed by atoms with Crippen molar-refractivity contribution in [3.63, 3.8) is 0 Å². The third-order valence-electron chi connectivity index (χ3n) is 3.14. The van der Waals surface area contributed by atoms with Crippen molar-refractivity contribution < 1.29 is 12.8 Å². The molecule has 0 saturated heterocycles. The first kappa shape index (κ1) is 16.0. The highest BCUT2D eigenvalue weighted by atomic mass is 79.9. The molecule has 1 aliphatic carbocycles. The number of sulfonamides is 1. The molecule has 0 bridgehead atoms. The molecule has 1 fully saturated rings. The molecule has 20 heavy (non-hydrogen) atoms. The Bertz CT molecular complexity index is 564. The summed E-state index contributed by atoms with van der Waals surface area (Å²) >= 11 is 3.23. The van der Waals surface area contributed by atoms with Gasteiger partial charge in [0.05, 0.1) is 6.54 Å². The van der Waals surface area contributed by atoms with Gasteiger partial charge in [0.2, 0.25) is 10.0 Å². The van der Waals surface area contributed by atoms with Crippen molar-refractivity contribution in [1.29, 1.82) is 0 Å². The molecule has 1 aromatic rings. The van der Waals surface area contributed by atoms with Gasteiger partial charge in [-0.25, -0.2) is 8.42 Å². The number of rotatable bonds is 7. The predicted octanol–water partition coefficient (Wildman–Crippen LogP) is 2.57. The van der Waals surface area contributed by atoms with E-state index >= 15 is 0 Å². The second kappa shape index (κ2) is 6.17. The van der Waals surface area contributed by atoms with Crippen molar-refractivity contribution >= 4 is 26.0 Å². The first-order valence-corrected chi connectivity index (χ1v) is 9.04. The first-order valence-electron chi connectivity index (χ1n) is 6.81. The summed E-state index contributed by atoms with van der Waals surface area (Å²) in [5, 5.41) is 2.95. The van der Waals surface area contributed by atoms with Crippen LogP contribution in [0.25, 0.3) is 0 Å². The lowest BCUT2D eigenvalue weighted by Gasteiger charge is -2.23. The smallest absolute Gasteiger partial charge is 0.247 e. The Kier molecular flexibility index (Phi) is 4.94. The Morgan fingerprint density at radius 3 is 2.65 bits per heavy atom. The molecule has 114 valence electrons. The molecular weight excluding hydrogens is 344 g/mol. The van der Waals surface area contributed by atoms with Crippen LogP contribution >= 0.6 is 15.9 Å². The lowest BCUT2D eigenvalue weighted by molar-refractivity contribution is 0.359. The Balaban J connectivity index is 2.32. The summed E-state index contributed by atoms with van der Waals surface area (Å²) in [6.07, 6.45) is 1.90. The van der Waals surface area contributed by atoms with Gasteiger partial charge in [-0.2, -0.15) is 4.31 Å². The van der Waals surface area contributed by atoms with Crippen molar-refractivity contribution in [2.45, 2.75) is 44.2 Å². The number of hydrogen-bond donors (Lipinski definition) is 1. The average Bonchev–Trinajstić information content (AvgIpc) is 3.10. The van der Waals surface area contributed by atoms with E-state index in [9.17, 15) is 8.42 Å². The molecule has 7 heteroatoms. The number of hydrogen-bond acceptors (Lipinski definition) is 4. The van der Waals surface area contributed by atoms with E-state index in [0.717, 1.165) is 12.8 Å². The maximum Gasteiger partial charge on any atom is 0.247 e. The van der Waals surface area contributed by atoms with Crippen LogP contribution in [0.4, 0.5) is 0 Å². The van der Waals surface area contributed by atoms with Crippen LogP contribution < -0.4 is 5.32 Å². The third-order valence-corrected chi connectivity index (χ3v) is 5.92. The van der Waals surface area contributed by atoms with Crippen molar-refractivity contribution in [2.75, 3.05) is 13.6 Å². The van der Waals surface area contributed by atoms with E-state index in [4.69, 9.17) is 4.42 Å².